The van der Waals surface area contributed by atoms with Crippen LogP contribution in [0.3, 0.4) is 0 Å². The second-order valence-electron chi connectivity index (χ2n) is 8.22. The summed E-state index contributed by atoms with van der Waals surface area (Å²) in [5.74, 6) is 1.77. The highest BCUT2D eigenvalue weighted by atomic mass is 15.2. The largest absolute Gasteiger partial charge is 0.300 e. The van der Waals surface area contributed by atoms with Crippen LogP contribution in [-0.4, -0.2) is 48.1 Å². The molecule has 2 heterocycles. The van der Waals surface area contributed by atoms with Crippen molar-refractivity contribution in [2.24, 2.45) is 17.3 Å². The van der Waals surface area contributed by atoms with Crippen molar-refractivity contribution in [3.63, 3.8) is 0 Å². The first-order chi connectivity index (χ1) is 9.94. The Kier molecular flexibility index (Phi) is 5.76. The molecule has 0 spiro atoms. The van der Waals surface area contributed by atoms with Gasteiger partial charge in [-0.2, -0.15) is 0 Å². The van der Waals surface area contributed by atoms with Crippen LogP contribution in [0.1, 0.15) is 67.2 Å². The normalized spacial score (nSPS) is 30.3. The van der Waals surface area contributed by atoms with Crippen molar-refractivity contribution < 1.29 is 0 Å². The van der Waals surface area contributed by atoms with E-state index in [1.807, 2.05) is 0 Å². The summed E-state index contributed by atoms with van der Waals surface area (Å²) in [6.45, 7) is 19.6. The van der Waals surface area contributed by atoms with Crippen LogP contribution in [0.2, 0.25) is 0 Å². The van der Waals surface area contributed by atoms with E-state index in [0.717, 1.165) is 11.8 Å². The number of hydrogen-bond donors (Lipinski definition) is 0. The number of likely N-dealkylation sites (tertiary alicyclic amines) is 2. The zero-order chi connectivity index (χ0) is 15.6. The van der Waals surface area contributed by atoms with Gasteiger partial charge >= 0.3 is 0 Å². The fraction of sp³-hybridized carbons (Fsp3) is 1.00. The zero-order valence-corrected chi connectivity index (χ0v) is 15.4. The maximum absolute atomic E-state index is 2.76. The van der Waals surface area contributed by atoms with Gasteiger partial charge in [-0.15, -0.1) is 0 Å². The van der Waals surface area contributed by atoms with Crippen molar-refractivity contribution in [2.45, 2.75) is 79.3 Å². The van der Waals surface area contributed by atoms with E-state index in [-0.39, 0.29) is 0 Å². The van der Waals surface area contributed by atoms with Crippen LogP contribution in [0.15, 0.2) is 0 Å². The van der Waals surface area contributed by atoms with Gasteiger partial charge in [0, 0.05) is 38.3 Å². The molecule has 2 heteroatoms. The van der Waals surface area contributed by atoms with Crippen LogP contribution in [0, 0.1) is 17.3 Å². The van der Waals surface area contributed by atoms with Crippen molar-refractivity contribution in [2.75, 3.05) is 26.2 Å². The van der Waals surface area contributed by atoms with Gasteiger partial charge in [0.15, 0.2) is 0 Å². The highest BCUT2D eigenvalue weighted by Gasteiger charge is 2.52. The summed E-state index contributed by atoms with van der Waals surface area (Å²) in [6.07, 6.45) is 5.62. The minimum atomic E-state index is 0.639. The molecule has 0 N–H and O–H groups in total. The lowest BCUT2D eigenvalue weighted by Crippen LogP contribution is -2.65. The Morgan fingerprint density at radius 1 is 0.762 bits per heavy atom. The van der Waals surface area contributed by atoms with Crippen LogP contribution in [-0.2, 0) is 0 Å². The first kappa shape index (κ1) is 17.3. The Balaban J connectivity index is 2.26. The van der Waals surface area contributed by atoms with Gasteiger partial charge in [0.25, 0.3) is 0 Å². The molecule has 2 nitrogen and oxygen atoms in total. The van der Waals surface area contributed by atoms with E-state index in [1.165, 1.54) is 51.9 Å². The van der Waals surface area contributed by atoms with Gasteiger partial charge in [0.2, 0.25) is 0 Å². The molecule has 0 aromatic heterocycles. The van der Waals surface area contributed by atoms with Crippen LogP contribution in [0.5, 0.6) is 0 Å². The third-order valence-corrected chi connectivity index (χ3v) is 6.34. The van der Waals surface area contributed by atoms with Crippen molar-refractivity contribution in [1.29, 1.82) is 0 Å². The molecule has 0 atom stereocenters. The Morgan fingerprint density at radius 3 is 1.33 bits per heavy atom. The molecular formula is C19H38N2. The van der Waals surface area contributed by atoms with E-state index in [2.05, 4.69) is 51.3 Å². The smallest absolute Gasteiger partial charge is 0.00388 e. The second-order valence-corrected chi connectivity index (χ2v) is 8.22. The molecule has 0 saturated carbocycles. The predicted octanol–water partition coefficient (Wildman–Crippen LogP) is 4.25. The van der Waals surface area contributed by atoms with Gasteiger partial charge in [-0.3, -0.25) is 0 Å². The topological polar surface area (TPSA) is 6.48 Å². The molecule has 0 radical (unpaired) electrons. The summed E-state index contributed by atoms with van der Waals surface area (Å²) in [5, 5.41) is 0. The van der Waals surface area contributed by atoms with Crippen LogP contribution in [0.25, 0.3) is 0 Å². The first-order valence-electron chi connectivity index (χ1n) is 9.42. The Morgan fingerprint density at radius 2 is 1.10 bits per heavy atom. The van der Waals surface area contributed by atoms with E-state index in [1.54, 1.807) is 0 Å². The summed E-state index contributed by atoms with van der Waals surface area (Å²) in [4.78, 5) is 5.52. The lowest BCUT2D eigenvalue weighted by molar-refractivity contribution is -0.115. The third kappa shape index (κ3) is 3.32. The quantitative estimate of drug-likeness (QED) is 0.722. The van der Waals surface area contributed by atoms with E-state index in [0.29, 0.717) is 17.5 Å². The lowest BCUT2D eigenvalue weighted by atomic mass is 9.57. The minimum Gasteiger partial charge on any atom is -0.300 e. The van der Waals surface area contributed by atoms with Crippen molar-refractivity contribution in [1.82, 2.24) is 9.80 Å². The summed E-state index contributed by atoms with van der Waals surface area (Å²) in [5.41, 5.74) is 0.639. The summed E-state index contributed by atoms with van der Waals surface area (Å²) in [6, 6.07) is 1.42. The molecule has 0 aromatic carbocycles. The van der Waals surface area contributed by atoms with E-state index in [9.17, 15) is 0 Å². The molecular weight excluding hydrogens is 256 g/mol. The fourth-order valence-corrected chi connectivity index (χ4v) is 5.17. The van der Waals surface area contributed by atoms with Crippen molar-refractivity contribution in [3.8, 4) is 0 Å². The second kappa shape index (κ2) is 7.00. The van der Waals surface area contributed by atoms with Crippen LogP contribution < -0.4 is 0 Å². The van der Waals surface area contributed by atoms with Gasteiger partial charge in [0.05, 0.1) is 0 Å². The highest BCUT2D eigenvalue weighted by Crippen LogP contribution is 2.51. The molecule has 0 amide bonds. The molecule has 0 aliphatic carbocycles. The molecule has 0 unspecified atom stereocenters. The summed E-state index contributed by atoms with van der Waals surface area (Å²) < 4.78 is 0. The molecule has 21 heavy (non-hydrogen) atoms. The zero-order valence-electron chi connectivity index (χ0n) is 15.4. The highest BCUT2D eigenvalue weighted by molar-refractivity contribution is 5.04. The third-order valence-electron chi connectivity index (χ3n) is 6.34. The van der Waals surface area contributed by atoms with Crippen molar-refractivity contribution in [3.05, 3.63) is 0 Å². The number of fused-ring (bicyclic) bond motifs is 2. The predicted molar refractivity (Wildman–Crippen MR) is 92.6 cm³/mol. The summed E-state index contributed by atoms with van der Waals surface area (Å²) >= 11 is 0. The van der Waals surface area contributed by atoms with E-state index in [4.69, 9.17) is 0 Å². The monoisotopic (exact) mass is 294 g/mol. The SMILES string of the molecule is CCCC1(CCC)C2CN(C(C)C)CC1CN(C(C)C)C2. The number of hydrogen-bond acceptors (Lipinski definition) is 2. The van der Waals surface area contributed by atoms with Gasteiger partial charge in [-0.25, -0.2) is 0 Å². The summed E-state index contributed by atoms with van der Waals surface area (Å²) in [7, 11) is 0. The lowest BCUT2D eigenvalue weighted by Gasteiger charge is -2.60. The van der Waals surface area contributed by atoms with Crippen LogP contribution >= 0.6 is 0 Å². The molecule has 0 aromatic rings. The maximum atomic E-state index is 2.76. The van der Waals surface area contributed by atoms with Crippen molar-refractivity contribution >= 4 is 0 Å². The Bertz CT molecular complexity index is 280. The molecule has 2 aliphatic heterocycles. The average molecular weight is 295 g/mol. The number of nitrogens with zero attached hydrogens (tertiary/aromatic N) is 2. The molecule has 2 bridgehead atoms. The van der Waals surface area contributed by atoms with Gasteiger partial charge in [-0.1, -0.05) is 26.7 Å². The minimum absolute atomic E-state index is 0.639. The first-order valence-corrected chi connectivity index (χ1v) is 9.42. The molecule has 2 rings (SSSR count). The molecule has 2 saturated heterocycles. The Hall–Kier alpha value is -0.0800. The van der Waals surface area contributed by atoms with Crippen LogP contribution in [0.4, 0.5) is 0 Å². The van der Waals surface area contributed by atoms with Gasteiger partial charge in [0.1, 0.15) is 0 Å². The Labute approximate surface area is 133 Å². The molecule has 2 fully saturated rings. The fourth-order valence-electron chi connectivity index (χ4n) is 5.17. The maximum Gasteiger partial charge on any atom is 0.00388 e. The van der Waals surface area contributed by atoms with E-state index < -0.39 is 0 Å². The number of piperidine rings is 2. The number of rotatable bonds is 6. The van der Waals surface area contributed by atoms with E-state index >= 15 is 0 Å². The van der Waals surface area contributed by atoms with Gasteiger partial charge in [-0.05, 0) is 57.8 Å². The van der Waals surface area contributed by atoms with Gasteiger partial charge < -0.3 is 9.80 Å². The molecule has 2 aliphatic rings. The standard InChI is InChI=1S/C19H38N2/c1-7-9-19(10-8-2)17-11-20(15(3)4)12-18(19)14-21(13-17)16(5)6/h15-18H,7-14H2,1-6H3. The average Bonchev–Trinajstić information content (AvgIpc) is 2.38. The molecule has 124 valence electrons.